The summed E-state index contributed by atoms with van der Waals surface area (Å²) < 4.78 is 24.4. The lowest BCUT2D eigenvalue weighted by molar-refractivity contribution is 0.0963. The number of amides is 1. The first-order chi connectivity index (χ1) is 13.5. The number of allylic oxidation sites excluding steroid dienone is 3. The van der Waals surface area contributed by atoms with Crippen molar-refractivity contribution in [1.82, 2.24) is 20.6 Å². The van der Waals surface area contributed by atoms with Gasteiger partial charge < -0.3 is 19.8 Å². The lowest BCUT2D eigenvalue weighted by Crippen LogP contribution is -2.29. The average Bonchev–Trinajstić information content (AvgIpc) is 3.14. The van der Waals surface area contributed by atoms with E-state index in [1.807, 2.05) is 6.92 Å². The van der Waals surface area contributed by atoms with Crippen molar-refractivity contribution < 1.29 is 18.3 Å². The molecular formula is C20H19FN4O3. The molecule has 3 rings (SSSR count). The second-order valence-corrected chi connectivity index (χ2v) is 5.70. The van der Waals surface area contributed by atoms with Gasteiger partial charge in [-0.05, 0) is 43.3 Å². The molecule has 8 heteroatoms. The fourth-order valence-corrected chi connectivity index (χ4v) is 2.49. The molecule has 0 aliphatic carbocycles. The number of pyridine rings is 1. The lowest BCUT2D eigenvalue weighted by Gasteiger charge is -2.11. The first-order valence-electron chi connectivity index (χ1n) is 8.48. The van der Waals surface area contributed by atoms with Crippen LogP contribution in [0.3, 0.4) is 0 Å². The van der Waals surface area contributed by atoms with Crippen molar-refractivity contribution in [3.63, 3.8) is 0 Å². The SMILES string of the molecule is C/C=C(\C=C(/NC)NC(=O)c1ccc(OC)c(F)c1)c1nc2ncccc2o1. The number of rotatable bonds is 6. The first-order valence-corrected chi connectivity index (χ1v) is 8.48. The maximum Gasteiger partial charge on any atom is 0.256 e. The molecule has 7 nitrogen and oxygen atoms in total. The predicted molar refractivity (Wildman–Crippen MR) is 103 cm³/mol. The van der Waals surface area contributed by atoms with Crippen LogP contribution in [0.25, 0.3) is 16.8 Å². The number of nitrogens with zero attached hydrogens (tertiary/aromatic N) is 2. The van der Waals surface area contributed by atoms with E-state index in [1.54, 1.807) is 37.5 Å². The van der Waals surface area contributed by atoms with Gasteiger partial charge in [-0.3, -0.25) is 4.79 Å². The lowest BCUT2D eigenvalue weighted by atomic mass is 10.2. The zero-order valence-corrected chi connectivity index (χ0v) is 15.6. The van der Waals surface area contributed by atoms with Gasteiger partial charge >= 0.3 is 0 Å². The Kier molecular flexibility index (Phi) is 5.69. The number of fused-ring (bicyclic) bond motifs is 1. The van der Waals surface area contributed by atoms with Gasteiger partial charge in [-0.25, -0.2) is 9.37 Å². The Balaban J connectivity index is 1.83. The van der Waals surface area contributed by atoms with Crippen LogP contribution in [0.15, 0.2) is 58.9 Å². The van der Waals surface area contributed by atoms with Gasteiger partial charge in [-0.1, -0.05) is 6.08 Å². The van der Waals surface area contributed by atoms with Crippen molar-refractivity contribution >= 4 is 22.7 Å². The summed E-state index contributed by atoms with van der Waals surface area (Å²) in [5.41, 5.74) is 1.86. The third-order valence-electron chi connectivity index (χ3n) is 3.95. The summed E-state index contributed by atoms with van der Waals surface area (Å²) >= 11 is 0. The molecule has 0 saturated heterocycles. The molecule has 2 aromatic heterocycles. The molecule has 0 fully saturated rings. The van der Waals surface area contributed by atoms with E-state index in [9.17, 15) is 9.18 Å². The van der Waals surface area contributed by atoms with Gasteiger partial charge in [0.25, 0.3) is 5.91 Å². The quantitative estimate of drug-likeness (QED) is 0.636. The van der Waals surface area contributed by atoms with Crippen molar-refractivity contribution in [1.29, 1.82) is 0 Å². The van der Waals surface area contributed by atoms with Crippen LogP contribution < -0.4 is 15.4 Å². The molecule has 0 spiro atoms. The molecule has 144 valence electrons. The van der Waals surface area contributed by atoms with Crippen LogP contribution in [0, 0.1) is 5.82 Å². The van der Waals surface area contributed by atoms with Crippen LogP contribution in [0.2, 0.25) is 0 Å². The van der Waals surface area contributed by atoms with Gasteiger partial charge in [0, 0.05) is 24.4 Å². The Morgan fingerprint density at radius 2 is 2.14 bits per heavy atom. The highest BCUT2D eigenvalue weighted by Gasteiger charge is 2.13. The third kappa shape index (κ3) is 4.01. The van der Waals surface area contributed by atoms with Gasteiger partial charge in [0.2, 0.25) is 5.89 Å². The van der Waals surface area contributed by atoms with Crippen LogP contribution in [-0.4, -0.2) is 30.0 Å². The summed E-state index contributed by atoms with van der Waals surface area (Å²) in [7, 11) is 3.02. The molecule has 28 heavy (non-hydrogen) atoms. The monoisotopic (exact) mass is 382 g/mol. The van der Waals surface area contributed by atoms with Crippen LogP contribution in [0.4, 0.5) is 4.39 Å². The fourth-order valence-electron chi connectivity index (χ4n) is 2.49. The van der Waals surface area contributed by atoms with E-state index in [0.29, 0.717) is 28.5 Å². The number of hydrogen-bond donors (Lipinski definition) is 2. The summed E-state index contributed by atoms with van der Waals surface area (Å²) in [6.07, 6.45) is 5.09. The highest BCUT2D eigenvalue weighted by molar-refractivity contribution is 5.95. The van der Waals surface area contributed by atoms with Crippen molar-refractivity contribution in [2.24, 2.45) is 0 Å². The topological polar surface area (TPSA) is 89.3 Å². The van der Waals surface area contributed by atoms with Crippen LogP contribution >= 0.6 is 0 Å². The number of methoxy groups -OCH3 is 1. The molecule has 0 aliphatic heterocycles. The highest BCUT2D eigenvalue weighted by Crippen LogP contribution is 2.21. The van der Waals surface area contributed by atoms with E-state index in [0.717, 1.165) is 6.07 Å². The van der Waals surface area contributed by atoms with Gasteiger partial charge in [0.05, 0.1) is 7.11 Å². The van der Waals surface area contributed by atoms with E-state index in [2.05, 4.69) is 20.6 Å². The molecule has 0 bridgehead atoms. The van der Waals surface area contributed by atoms with Gasteiger partial charge in [-0.2, -0.15) is 4.98 Å². The Bertz CT molecular complexity index is 1040. The minimum atomic E-state index is -0.613. The number of nitrogens with one attached hydrogen (secondary N) is 2. The third-order valence-corrected chi connectivity index (χ3v) is 3.95. The zero-order valence-electron chi connectivity index (χ0n) is 15.6. The number of halogens is 1. The molecular weight excluding hydrogens is 363 g/mol. The van der Waals surface area contributed by atoms with Crippen LogP contribution in [0.1, 0.15) is 23.2 Å². The standard InChI is InChI=1S/C20H19FN4O3/c1-4-12(20-25-18-16(28-20)6-5-9-23-18)11-17(22-2)24-19(26)13-7-8-15(27-3)14(21)10-13/h4-11,22H,1-3H3,(H,24,26)/b12-4+,17-11+. The Morgan fingerprint density at radius 1 is 1.32 bits per heavy atom. The summed E-state index contributed by atoms with van der Waals surface area (Å²) in [5.74, 6) is -0.255. The summed E-state index contributed by atoms with van der Waals surface area (Å²) in [6.45, 7) is 1.82. The van der Waals surface area contributed by atoms with Crippen LogP contribution in [-0.2, 0) is 0 Å². The maximum absolute atomic E-state index is 13.8. The molecule has 3 aromatic rings. The molecule has 0 atom stereocenters. The minimum Gasteiger partial charge on any atom is -0.494 e. The Labute approximate surface area is 160 Å². The molecule has 0 saturated carbocycles. The van der Waals surface area contributed by atoms with E-state index in [1.165, 1.54) is 19.2 Å². The Hall–Kier alpha value is -3.68. The molecule has 2 heterocycles. The molecule has 2 N–H and O–H groups in total. The number of ether oxygens (including phenoxy) is 1. The van der Waals surface area contributed by atoms with Crippen LogP contribution in [0.5, 0.6) is 5.75 Å². The number of carbonyl (C=O) groups is 1. The number of hydrogen-bond acceptors (Lipinski definition) is 6. The van der Waals surface area contributed by atoms with Crippen molar-refractivity contribution in [3.05, 3.63) is 71.8 Å². The van der Waals surface area contributed by atoms with E-state index >= 15 is 0 Å². The second kappa shape index (κ2) is 8.34. The maximum atomic E-state index is 13.8. The zero-order chi connectivity index (χ0) is 20.1. The Morgan fingerprint density at radius 3 is 2.79 bits per heavy atom. The highest BCUT2D eigenvalue weighted by atomic mass is 19.1. The number of aromatic nitrogens is 2. The van der Waals surface area contributed by atoms with E-state index in [4.69, 9.17) is 9.15 Å². The number of oxazole rings is 1. The predicted octanol–water partition coefficient (Wildman–Crippen LogP) is 3.26. The van der Waals surface area contributed by atoms with Crippen molar-refractivity contribution in [2.75, 3.05) is 14.2 Å². The number of benzene rings is 1. The van der Waals surface area contributed by atoms with Gasteiger partial charge in [0.15, 0.2) is 22.8 Å². The summed E-state index contributed by atoms with van der Waals surface area (Å²) in [6, 6.07) is 7.53. The molecule has 0 aliphatic rings. The summed E-state index contributed by atoms with van der Waals surface area (Å²) in [4.78, 5) is 20.9. The second-order valence-electron chi connectivity index (χ2n) is 5.70. The molecule has 0 unspecified atom stereocenters. The largest absolute Gasteiger partial charge is 0.494 e. The molecule has 1 aromatic carbocycles. The molecule has 1 amide bonds. The van der Waals surface area contributed by atoms with E-state index in [-0.39, 0.29) is 11.3 Å². The molecule has 0 radical (unpaired) electrons. The fraction of sp³-hybridized carbons (Fsp3) is 0.150. The number of carbonyl (C=O) groups excluding carboxylic acids is 1. The van der Waals surface area contributed by atoms with Gasteiger partial charge in [0.1, 0.15) is 5.82 Å². The first kappa shape index (κ1) is 19.1. The van der Waals surface area contributed by atoms with E-state index < -0.39 is 11.7 Å². The minimum absolute atomic E-state index is 0.0710. The van der Waals surface area contributed by atoms with Crippen molar-refractivity contribution in [3.8, 4) is 5.75 Å². The van der Waals surface area contributed by atoms with Gasteiger partial charge in [-0.15, -0.1) is 0 Å². The average molecular weight is 382 g/mol. The normalized spacial score (nSPS) is 12.1. The smallest absolute Gasteiger partial charge is 0.256 e. The van der Waals surface area contributed by atoms with Crippen molar-refractivity contribution in [2.45, 2.75) is 6.92 Å². The summed E-state index contributed by atoms with van der Waals surface area (Å²) in [5, 5.41) is 5.59.